The van der Waals surface area contributed by atoms with E-state index < -0.39 is 0 Å². The SMILES string of the molecule is COc1ccc2nc(C(C)Cl)n(C3CCC(=O)NC3)c2c1. The number of imidazole rings is 1. The molecule has 21 heavy (non-hydrogen) atoms. The highest BCUT2D eigenvalue weighted by molar-refractivity contribution is 6.20. The molecular weight excluding hydrogens is 290 g/mol. The van der Waals surface area contributed by atoms with E-state index in [0.29, 0.717) is 13.0 Å². The van der Waals surface area contributed by atoms with Gasteiger partial charge in [0.1, 0.15) is 11.6 Å². The molecule has 2 unspecified atom stereocenters. The van der Waals surface area contributed by atoms with Gasteiger partial charge in [-0.25, -0.2) is 4.98 Å². The quantitative estimate of drug-likeness (QED) is 0.887. The van der Waals surface area contributed by atoms with Crippen molar-refractivity contribution in [1.29, 1.82) is 0 Å². The number of rotatable bonds is 3. The maximum absolute atomic E-state index is 11.4. The number of aromatic nitrogens is 2. The number of methoxy groups -OCH3 is 1. The number of hydrogen-bond acceptors (Lipinski definition) is 3. The molecule has 0 spiro atoms. The van der Waals surface area contributed by atoms with Gasteiger partial charge in [0.25, 0.3) is 0 Å². The highest BCUT2D eigenvalue weighted by Gasteiger charge is 2.25. The topological polar surface area (TPSA) is 56.2 Å². The summed E-state index contributed by atoms with van der Waals surface area (Å²) >= 11 is 6.30. The normalized spacial score (nSPS) is 20.3. The minimum atomic E-state index is -0.193. The van der Waals surface area contributed by atoms with Gasteiger partial charge in [0.05, 0.1) is 29.6 Å². The van der Waals surface area contributed by atoms with Crippen LogP contribution in [0.5, 0.6) is 5.75 Å². The van der Waals surface area contributed by atoms with Crippen molar-refractivity contribution < 1.29 is 9.53 Å². The number of hydrogen-bond donors (Lipinski definition) is 1. The van der Waals surface area contributed by atoms with Gasteiger partial charge in [-0.1, -0.05) is 0 Å². The van der Waals surface area contributed by atoms with E-state index in [1.807, 2.05) is 25.1 Å². The van der Waals surface area contributed by atoms with Crippen LogP contribution in [0.25, 0.3) is 11.0 Å². The second-order valence-corrected chi connectivity index (χ2v) is 5.96. The molecule has 6 heteroatoms. The van der Waals surface area contributed by atoms with Gasteiger partial charge in [-0.05, 0) is 25.5 Å². The maximum Gasteiger partial charge on any atom is 0.220 e. The van der Waals surface area contributed by atoms with Crippen molar-refractivity contribution in [3.8, 4) is 5.75 Å². The summed E-state index contributed by atoms with van der Waals surface area (Å²) in [6.45, 7) is 2.52. The first kappa shape index (κ1) is 14.2. The molecular formula is C15H18ClN3O2. The first-order valence-corrected chi connectivity index (χ1v) is 7.50. The summed E-state index contributed by atoms with van der Waals surface area (Å²) in [6, 6.07) is 5.98. The second-order valence-electron chi connectivity index (χ2n) is 5.31. The molecule has 3 rings (SSSR count). The highest BCUT2D eigenvalue weighted by atomic mass is 35.5. The number of nitrogens with zero attached hydrogens (tertiary/aromatic N) is 2. The van der Waals surface area contributed by atoms with Gasteiger partial charge in [-0.3, -0.25) is 4.79 Å². The van der Waals surface area contributed by atoms with E-state index in [2.05, 4.69) is 14.9 Å². The first-order valence-electron chi connectivity index (χ1n) is 7.07. The maximum atomic E-state index is 11.4. The van der Waals surface area contributed by atoms with Crippen molar-refractivity contribution in [2.24, 2.45) is 0 Å². The van der Waals surface area contributed by atoms with Crippen molar-refractivity contribution in [1.82, 2.24) is 14.9 Å². The number of alkyl halides is 1. The van der Waals surface area contributed by atoms with Crippen molar-refractivity contribution in [3.05, 3.63) is 24.0 Å². The monoisotopic (exact) mass is 307 g/mol. The van der Waals surface area contributed by atoms with E-state index in [-0.39, 0.29) is 17.3 Å². The molecule has 0 radical (unpaired) electrons. The van der Waals surface area contributed by atoms with Gasteiger partial charge in [0.15, 0.2) is 0 Å². The Hall–Kier alpha value is -1.75. The van der Waals surface area contributed by atoms with Crippen LogP contribution in [0.15, 0.2) is 18.2 Å². The third-order valence-corrected chi connectivity index (χ3v) is 4.08. The fourth-order valence-electron chi connectivity index (χ4n) is 2.82. The van der Waals surface area contributed by atoms with Gasteiger partial charge >= 0.3 is 0 Å². The lowest BCUT2D eigenvalue weighted by atomic mass is 10.1. The molecule has 1 aromatic heterocycles. The summed E-state index contributed by atoms with van der Waals surface area (Å²) in [4.78, 5) is 16.0. The number of halogens is 1. The summed E-state index contributed by atoms with van der Waals surface area (Å²) < 4.78 is 7.46. The van der Waals surface area contributed by atoms with Crippen LogP contribution in [0.2, 0.25) is 0 Å². The fraction of sp³-hybridized carbons (Fsp3) is 0.467. The Morgan fingerprint density at radius 3 is 2.95 bits per heavy atom. The Balaban J connectivity index is 2.12. The average Bonchev–Trinajstić information content (AvgIpc) is 2.86. The molecule has 0 bridgehead atoms. The summed E-state index contributed by atoms with van der Waals surface area (Å²) in [6.07, 6.45) is 1.33. The van der Waals surface area contributed by atoms with Gasteiger partial charge in [0.2, 0.25) is 5.91 Å². The van der Waals surface area contributed by atoms with Crippen LogP contribution in [0.3, 0.4) is 0 Å². The molecule has 5 nitrogen and oxygen atoms in total. The largest absolute Gasteiger partial charge is 0.497 e. The lowest BCUT2D eigenvalue weighted by Gasteiger charge is -2.26. The number of ether oxygens (including phenoxy) is 1. The predicted octanol–water partition coefficient (Wildman–Crippen LogP) is 2.80. The van der Waals surface area contributed by atoms with Crippen molar-refractivity contribution in [3.63, 3.8) is 0 Å². The van der Waals surface area contributed by atoms with E-state index in [1.165, 1.54) is 0 Å². The van der Waals surface area contributed by atoms with E-state index in [0.717, 1.165) is 29.0 Å². The number of nitrogens with one attached hydrogen (secondary N) is 1. The number of fused-ring (bicyclic) bond motifs is 1. The van der Waals surface area contributed by atoms with Crippen molar-refractivity contribution >= 4 is 28.5 Å². The van der Waals surface area contributed by atoms with Crippen LogP contribution < -0.4 is 10.1 Å². The van der Waals surface area contributed by atoms with Crippen LogP contribution in [0, 0.1) is 0 Å². The average molecular weight is 308 g/mol. The molecule has 1 fully saturated rings. The van der Waals surface area contributed by atoms with E-state index in [1.54, 1.807) is 7.11 Å². The number of piperidine rings is 1. The molecule has 1 saturated heterocycles. The minimum absolute atomic E-state index is 0.105. The standard InChI is InChI=1S/C15H18ClN3O2/c1-9(16)15-18-12-5-4-11(21-2)7-13(12)19(15)10-3-6-14(20)17-8-10/h4-5,7,9-10H,3,6,8H2,1-2H3,(H,17,20). The zero-order valence-corrected chi connectivity index (χ0v) is 12.9. The summed E-state index contributed by atoms with van der Waals surface area (Å²) in [5.74, 6) is 1.73. The number of carbonyl (C=O) groups excluding carboxylic acids is 1. The van der Waals surface area contributed by atoms with E-state index >= 15 is 0 Å². The second kappa shape index (κ2) is 5.56. The van der Waals surface area contributed by atoms with Crippen LogP contribution in [-0.2, 0) is 4.79 Å². The van der Waals surface area contributed by atoms with Gasteiger partial charge in [-0.2, -0.15) is 0 Å². The fourth-order valence-corrected chi connectivity index (χ4v) is 2.98. The highest BCUT2D eigenvalue weighted by Crippen LogP contribution is 2.32. The lowest BCUT2D eigenvalue weighted by Crippen LogP contribution is -2.36. The molecule has 2 atom stereocenters. The van der Waals surface area contributed by atoms with Crippen LogP contribution in [0.1, 0.15) is 37.0 Å². The summed E-state index contributed by atoms with van der Waals surface area (Å²) in [5.41, 5.74) is 1.90. The van der Waals surface area contributed by atoms with Crippen LogP contribution >= 0.6 is 11.6 Å². The number of amides is 1. The predicted molar refractivity (Wildman–Crippen MR) is 81.8 cm³/mol. The summed E-state index contributed by atoms with van der Waals surface area (Å²) in [7, 11) is 1.65. The summed E-state index contributed by atoms with van der Waals surface area (Å²) in [5, 5.41) is 2.72. The molecule has 1 aliphatic heterocycles. The molecule has 2 heterocycles. The molecule has 1 aromatic carbocycles. The first-order chi connectivity index (χ1) is 10.1. The molecule has 112 valence electrons. The van der Waals surface area contributed by atoms with Gasteiger partial charge in [-0.15, -0.1) is 11.6 Å². The number of carbonyl (C=O) groups is 1. The van der Waals surface area contributed by atoms with E-state index in [9.17, 15) is 4.79 Å². The molecule has 0 saturated carbocycles. The lowest BCUT2D eigenvalue weighted by molar-refractivity contribution is -0.122. The Labute approximate surface area is 128 Å². The van der Waals surface area contributed by atoms with Crippen molar-refractivity contribution in [2.45, 2.75) is 31.2 Å². The number of benzene rings is 1. The molecule has 1 amide bonds. The van der Waals surface area contributed by atoms with Crippen molar-refractivity contribution in [2.75, 3.05) is 13.7 Å². The van der Waals surface area contributed by atoms with Crippen LogP contribution in [0.4, 0.5) is 0 Å². The van der Waals surface area contributed by atoms with Crippen LogP contribution in [-0.4, -0.2) is 29.1 Å². The van der Waals surface area contributed by atoms with Gasteiger partial charge in [0, 0.05) is 19.0 Å². The zero-order valence-electron chi connectivity index (χ0n) is 12.1. The molecule has 2 aromatic rings. The third-order valence-electron chi connectivity index (χ3n) is 3.88. The Morgan fingerprint density at radius 2 is 2.33 bits per heavy atom. The van der Waals surface area contributed by atoms with Gasteiger partial charge < -0.3 is 14.6 Å². The Morgan fingerprint density at radius 1 is 1.52 bits per heavy atom. The third kappa shape index (κ3) is 2.58. The zero-order chi connectivity index (χ0) is 15.0. The smallest absolute Gasteiger partial charge is 0.220 e. The Bertz CT molecular complexity index is 671. The minimum Gasteiger partial charge on any atom is -0.497 e. The molecule has 1 N–H and O–H groups in total. The molecule has 0 aliphatic carbocycles. The molecule has 1 aliphatic rings. The van der Waals surface area contributed by atoms with E-state index in [4.69, 9.17) is 16.3 Å². The Kier molecular flexibility index (Phi) is 3.76.